The maximum atomic E-state index is 10.7. The predicted octanol–water partition coefficient (Wildman–Crippen LogP) is 8.32. The molecule has 186 valence electrons. The van der Waals surface area contributed by atoms with Crippen LogP contribution in [0.3, 0.4) is 0 Å². The Morgan fingerprint density at radius 2 is 1.36 bits per heavy atom. The monoisotopic (exact) mass is 522 g/mol. The number of imidazole rings is 1. The third-order valence-corrected chi connectivity index (χ3v) is 6.37. The average molecular weight is 523 g/mol. The van der Waals surface area contributed by atoms with Gasteiger partial charge in [0.15, 0.2) is 0 Å². The van der Waals surface area contributed by atoms with Crippen LogP contribution in [0.25, 0.3) is 28.2 Å². The molecule has 7 heteroatoms. The van der Waals surface area contributed by atoms with E-state index in [0.717, 1.165) is 53.9 Å². The molecule has 0 aliphatic rings. The van der Waals surface area contributed by atoms with Gasteiger partial charge in [-0.15, -0.1) is 0 Å². The lowest BCUT2D eigenvalue weighted by Crippen LogP contribution is -2.05. The number of benzene rings is 3. The van der Waals surface area contributed by atoms with Crippen LogP contribution < -0.4 is 4.74 Å². The Bertz CT molecular complexity index is 1270. The van der Waals surface area contributed by atoms with Gasteiger partial charge < -0.3 is 9.84 Å². The highest BCUT2D eigenvalue weighted by molar-refractivity contribution is 6.31. The van der Waals surface area contributed by atoms with Gasteiger partial charge in [0.1, 0.15) is 5.69 Å². The number of ether oxygens (including phenoxy) is 1. The van der Waals surface area contributed by atoms with E-state index in [4.69, 9.17) is 38.0 Å². The second-order valence-electron chi connectivity index (χ2n) is 8.54. The number of hydrogen-bond donors (Lipinski definition) is 1. The summed E-state index contributed by atoms with van der Waals surface area (Å²) in [4.78, 5) is 15.6. The number of aliphatic carboxylic acids is 1. The molecule has 0 saturated heterocycles. The zero-order valence-corrected chi connectivity index (χ0v) is 21.4. The van der Waals surface area contributed by atoms with Crippen LogP contribution in [0.4, 0.5) is 0 Å². The van der Waals surface area contributed by atoms with Crippen LogP contribution in [0.15, 0.2) is 78.9 Å². The summed E-state index contributed by atoms with van der Waals surface area (Å²) in [6, 6.07) is 25.9. The lowest BCUT2D eigenvalue weighted by atomic mass is 10.0. The molecule has 4 aromatic rings. The topological polar surface area (TPSA) is 64.3 Å². The van der Waals surface area contributed by atoms with E-state index in [1.807, 2.05) is 83.4 Å². The van der Waals surface area contributed by atoms with E-state index >= 15 is 0 Å². The number of hydrogen-bond acceptors (Lipinski definition) is 3. The molecule has 1 aromatic heterocycles. The van der Waals surface area contributed by atoms with Gasteiger partial charge in [0.05, 0.1) is 18.0 Å². The molecule has 1 heterocycles. The molecule has 3 aromatic carbocycles. The quantitative estimate of drug-likeness (QED) is 0.190. The highest BCUT2D eigenvalue weighted by Crippen LogP contribution is 2.38. The van der Waals surface area contributed by atoms with E-state index in [9.17, 15) is 4.79 Å². The molecule has 0 saturated carbocycles. The van der Waals surface area contributed by atoms with Crippen molar-refractivity contribution in [2.75, 3.05) is 6.61 Å². The van der Waals surface area contributed by atoms with Crippen molar-refractivity contribution in [3.05, 3.63) is 88.9 Å². The van der Waals surface area contributed by atoms with Crippen LogP contribution in [-0.2, 0) is 4.79 Å². The molecular formula is C29H28Cl2N2O3. The Morgan fingerprint density at radius 1 is 0.778 bits per heavy atom. The highest BCUT2D eigenvalue weighted by Gasteiger charge is 2.22. The van der Waals surface area contributed by atoms with Crippen LogP contribution in [-0.4, -0.2) is 27.2 Å². The third-order valence-electron chi connectivity index (χ3n) is 5.86. The molecule has 0 bridgehead atoms. The molecule has 0 aliphatic heterocycles. The number of carboxylic acid groups (broad SMARTS) is 1. The van der Waals surface area contributed by atoms with E-state index in [2.05, 4.69) is 0 Å². The van der Waals surface area contributed by atoms with Gasteiger partial charge in [-0.1, -0.05) is 84.9 Å². The van der Waals surface area contributed by atoms with Crippen molar-refractivity contribution in [2.45, 2.75) is 38.5 Å². The van der Waals surface area contributed by atoms with Crippen molar-refractivity contribution in [1.29, 1.82) is 0 Å². The minimum Gasteiger partial charge on any atom is -0.481 e. The summed E-state index contributed by atoms with van der Waals surface area (Å²) < 4.78 is 8.30. The van der Waals surface area contributed by atoms with E-state index in [0.29, 0.717) is 29.1 Å². The summed E-state index contributed by atoms with van der Waals surface area (Å²) >= 11 is 12.3. The number of para-hydroxylation sites is 1. The number of carbonyl (C=O) groups is 1. The molecular weight excluding hydrogens is 495 g/mol. The fraction of sp³-hybridized carbons (Fsp3) is 0.241. The van der Waals surface area contributed by atoms with Gasteiger partial charge >= 0.3 is 12.0 Å². The molecule has 0 spiro atoms. The van der Waals surface area contributed by atoms with Crippen molar-refractivity contribution >= 4 is 29.2 Å². The normalized spacial score (nSPS) is 10.9. The van der Waals surface area contributed by atoms with Gasteiger partial charge in [-0.05, 0) is 49.2 Å². The molecule has 0 fully saturated rings. The van der Waals surface area contributed by atoms with E-state index < -0.39 is 5.97 Å². The van der Waals surface area contributed by atoms with Crippen LogP contribution in [0.1, 0.15) is 38.5 Å². The standard InChI is InChI=1S/C29H28Cl2N2O3/c30-23-16-12-21(13-17-23)27-28(22-14-18-24(31)19-15-22)33(25-9-5-4-6-10-25)29(32-27)36-20-8-3-1-2-7-11-26(34)35/h4-6,9-10,12-19H,1-3,7-8,11,20H2,(H,34,35). The molecule has 4 rings (SSSR count). The smallest absolute Gasteiger partial charge is 0.303 e. The van der Waals surface area contributed by atoms with Crippen molar-refractivity contribution in [1.82, 2.24) is 9.55 Å². The predicted molar refractivity (Wildman–Crippen MR) is 145 cm³/mol. The zero-order valence-electron chi connectivity index (χ0n) is 19.9. The number of unbranched alkanes of at least 4 members (excludes halogenated alkanes) is 4. The first kappa shape index (κ1) is 25.8. The van der Waals surface area contributed by atoms with Crippen molar-refractivity contribution in [3.63, 3.8) is 0 Å². The lowest BCUT2D eigenvalue weighted by molar-refractivity contribution is -0.137. The largest absolute Gasteiger partial charge is 0.481 e. The van der Waals surface area contributed by atoms with Crippen molar-refractivity contribution in [2.24, 2.45) is 0 Å². The Morgan fingerprint density at radius 3 is 2.00 bits per heavy atom. The minimum atomic E-state index is -0.737. The second kappa shape index (κ2) is 12.6. The first-order chi connectivity index (χ1) is 17.5. The fourth-order valence-electron chi connectivity index (χ4n) is 4.07. The third kappa shape index (κ3) is 6.68. The molecule has 5 nitrogen and oxygen atoms in total. The second-order valence-corrected chi connectivity index (χ2v) is 9.41. The molecule has 0 amide bonds. The number of nitrogens with zero attached hydrogens (tertiary/aromatic N) is 2. The van der Waals surface area contributed by atoms with Gasteiger partial charge in [-0.2, -0.15) is 4.98 Å². The first-order valence-corrected chi connectivity index (χ1v) is 12.8. The van der Waals surface area contributed by atoms with Crippen LogP contribution in [0.2, 0.25) is 10.0 Å². The molecule has 0 aliphatic carbocycles. The van der Waals surface area contributed by atoms with Crippen LogP contribution >= 0.6 is 23.2 Å². The van der Waals surface area contributed by atoms with Crippen LogP contribution in [0.5, 0.6) is 6.01 Å². The average Bonchev–Trinajstić information content (AvgIpc) is 3.26. The maximum absolute atomic E-state index is 10.7. The number of halogens is 2. The van der Waals surface area contributed by atoms with E-state index in [-0.39, 0.29) is 6.42 Å². The molecule has 1 N–H and O–H groups in total. The molecule has 0 radical (unpaired) electrons. The van der Waals surface area contributed by atoms with Crippen molar-refractivity contribution < 1.29 is 14.6 Å². The van der Waals surface area contributed by atoms with Gasteiger partial charge in [0, 0.05) is 27.6 Å². The van der Waals surface area contributed by atoms with Gasteiger partial charge in [-0.25, -0.2) is 0 Å². The number of aromatic nitrogens is 2. The Labute approximate surface area is 221 Å². The maximum Gasteiger partial charge on any atom is 0.303 e. The molecule has 0 atom stereocenters. The Hall–Kier alpha value is -3.28. The van der Waals surface area contributed by atoms with Gasteiger partial charge in [-0.3, -0.25) is 9.36 Å². The van der Waals surface area contributed by atoms with E-state index in [1.54, 1.807) is 0 Å². The van der Waals surface area contributed by atoms with Gasteiger partial charge in [0.2, 0.25) is 0 Å². The Kier molecular flexibility index (Phi) is 9.04. The summed E-state index contributed by atoms with van der Waals surface area (Å²) in [5.74, 6) is -0.737. The summed E-state index contributed by atoms with van der Waals surface area (Å²) in [6.45, 7) is 0.517. The summed E-state index contributed by atoms with van der Waals surface area (Å²) in [5, 5.41) is 10.1. The highest BCUT2D eigenvalue weighted by atomic mass is 35.5. The van der Waals surface area contributed by atoms with E-state index in [1.165, 1.54) is 0 Å². The van der Waals surface area contributed by atoms with Crippen molar-refractivity contribution in [3.8, 4) is 34.2 Å². The number of carboxylic acids is 1. The van der Waals surface area contributed by atoms with Gasteiger partial charge in [0.25, 0.3) is 0 Å². The summed E-state index contributed by atoms with van der Waals surface area (Å²) in [7, 11) is 0. The summed E-state index contributed by atoms with van der Waals surface area (Å²) in [5.41, 5.74) is 4.54. The Balaban J connectivity index is 1.65. The first-order valence-electron chi connectivity index (χ1n) is 12.1. The van der Waals surface area contributed by atoms with Crippen LogP contribution in [0, 0.1) is 0 Å². The summed E-state index contributed by atoms with van der Waals surface area (Å²) in [6.07, 6.45) is 4.67. The SMILES string of the molecule is O=C(O)CCCCCCCOc1nc(-c2ccc(Cl)cc2)c(-c2ccc(Cl)cc2)n1-c1ccccc1. The molecule has 36 heavy (non-hydrogen) atoms. The zero-order chi connectivity index (χ0) is 25.3. The minimum absolute atomic E-state index is 0.228. The molecule has 0 unspecified atom stereocenters. The lowest BCUT2D eigenvalue weighted by Gasteiger charge is -2.13. The number of rotatable bonds is 12. The fourth-order valence-corrected chi connectivity index (χ4v) is 4.32.